The number of hydrogen-bond donors (Lipinski definition) is 2. The maximum Gasteiger partial charge on any atom is 0.416 e. The van der Waals surface area contributed by atoms with Crippen LogP contribution in [0.15, 0.2) is 42.5 Å². The highest BCUT2D eigenvalue weighted by molar-refractivity contribution is 7.92. The Morgan fingerprint density at radius 2 is 1.81 bits per heavy atom. The van der Waals surface area contributed by atoms with Gasteiger partial charge in [-0.2, -0.15) is 13.2 Å². The first kappa shape index (κ1) is 23.1. The number of hydrogen-bond acceptors (Lipinski definition) is 3. The van der Waals surface area contributed by atoms with E-state index in [4.69, 9.17) is 0 Å². The smallest absolute Gasteiger partial charge is 0.349 e. The molecule has 2 aromatic carbocycles. The maximum atomic E-state index is 12.7. The molecule has 1 aliphatic carbocycles. The molecule has 2 aromatic rings. The van der Waals surface area contributed by atoms with Crippen LogP contribution < -0.4 is 10.0 Å². The van der Waals surface area contributed by atoms with Crippen molar-refractivity contribution in [2.45, 2.75) is 44.8 Å². The Bertz CT molecular complexity index is 1070. The fraction of sp³-hybridized carbons (Fsp3) is 0.409. The number of nitrogens with one attached hydrogen (secondary N) is 2. The van der Waals surface area contributed by atoms with Gasteiger partial charge in [0.2, 0.25) is 15.9 Å². The molecule has 168 valence electrons. The first-order chi connectivity index (χ1) is 14.4. The average Bonchev–Trinajstić information content (AvgIpc) is 3.47. The normalized spacial score (nSPS) is 19.5. The highest BCUT2D eigenvalue weighted by Crippen LogP contribution is 2.48. The van der Waals surface area contributed by atoms with Gasteiger partial charge < -0.3 is 5.32 Å². The second kappa shape index (κ2) is 8.53. The van der Waals surface area contributed by atoms with E-state index in [1.54, 1.807) is 12.1 Å². The number of sulfonamides is 1. The van der Waals surface area contributed by atoms with Gasteiger partial charge in [0.25, 0.3) is 0 Å². The van der Waals surface area contributed by atoms with Crippen molar-refractivity contribution in [3.63, 3.8) is 0 Å². The standard InChI is InChI=1S/C22H25F3N2O3S/c1-4-14-11-16(7-10-20(14)27-31(3,29)30)13(2)26-21(28)19-12-18(19)15-5-8-17(9-6-15)22(23,24)25/h5-11,13,18-19,27H,4,12H2,1-3H3,(H,26,28)/t13-,18-,19?/m1/s1. The highest BCUT2D eigenvalue weighted by atomic mass is 32.2. The van der Waals surface area contributed by atoms with Crippen LogP contribution in [0.3, 0.4) is 0 Å². The van der Waals surface area contributed by atoms with E-state index in [1.807, 2.05) is 19.9 Å². The number of amides is 1. The summed E-state index contributed by atoms with van der Waals surface area (Å²) in [6.45, 7) is 3.75. The monoisotopic (exact) mass is 454 g/mol. The van der Waals surface area contributed by atoms with Crippen molar-refractivity contribution in [2.24, 2.45) is 5.92 Å². The molecule has 1 saturated carbocycles. The van der Waals surface area contributed by atoms with Crippen LogP contribution in [0.4, 0.5) is 18.9 Å². The third kappa shape index (κ3) is 5.78. The van der Waals surface area contributed by atoms with E-state index in [2.05, 4.69) is 10.0 Å². The van der Waals surface area contributed by atoms with Gasteiger partial charge in [-0.3, -0.25) is 9.52 Å². The molecule has 0 aromatic heterocycles. The Labute approximate surface area is 180 Å². The number of benzene rings is 2. The first-order valence-corrected chi connectivity index (χ1v) is 11.9. The molecule has 0 spiro atoms. The highest BCUT2D eigenvalue weighted by Gasteiger charge is 2.44. The molecular formula is C22H25F3N2O3S. The van der Waals surface area contributed by atoms with Gasteiger partial charge in [-0.25, -0.2) is 8.42 Å². The van der Waals surface area contributed by atoms with Crippen LogP contribution in [0.2, 0.25) is 0 Å². The number of carbonyl (C=O) groups excluding carboxylic acids is 1. The number of carbonyl (C=O) groups is 1. The zero-order valence-electron chi connectivity index (χ0n) is 17.5. The minimum absolute atomic E-state index is 0.0815. The summed E-state index contributed by atoms with van der Waals surface area (Å²) in [6, 6.07) is 9.97. The molecule has 31 heavy (non-hydrogen) atoms. The predicted octanol–water partition coefficient (Wildman–Crippen LogP) is 4.62. The Kier molecular flexibility index (Phi) is 6.36. The summed E-state index contributed by atoms with van der Waals surface area (Å²) in [5, 5.41) is 2.95. The summed E-state index contributed by atoms with van der Waals surface area (Å²) in [5.41, 5.74) is 2.20. The van der Waals surface area contributed by atoms with Crippen molar-refractivity contribution in [2.75, 3.05) is 11.0 Å². The molecule has 0 bridgehead atoms. The van der Waals surface area contributed by atoms with Crippen LogP contribution in [-0.4, -0.2) is 20.6 Å². The molecule has 0 radical (unpaired) electrons. The molecule has 2 N–H and O–H groups in total. The Morgan fingerprint density at radius 1 is 1.16 bits per heavy atom. The number of rotatable bonds is 7. The fourth-order valence-electron chi connectivity index (χ4n) is 3.65. The van der Waals surface area contributed by atoms with Gasteiger partial charge in [0.1, 0.15) is 0 Å². The van der Waals surface area contributed by atoms with Crippen LogP contribution in [0.5, 0.6) is 0 Å². The van der Waals surface area contributed by atoms with Crippen LogP contribution in [0.25, 0.3) is 0 Å². The van der Waals surface area contributed by atoms with Gasteiger partial charge >= 0.3 is 6.18 Å². The molecule has 0 heterocycles. The van der Waals surface area contributed by atoms with Gasteiger partial charge in [-0.15, -0.1) is 0 Å². The molecule has 0 aliphatic heterocycles. The Balaban J connectivity index is 1.63. The topological polar surface area (TPSA) is 75.3 Å². The number of halogens is 3. The van der Waals surface area contributed by atoms with Crippen molar-refractivity contribution >= 4 is 21.6 Å². The second-order valence-electron chi connectivity index (χ2n) is 7.94. The molecule has 3 rings (SSSR count). The molecule has 1 amide bonds. The number of alkyl halides is 3. The number of anilines is 1. The molecular weight excluding hydrogens is 429 g/mol. The lowest BCUT2D eigenvalue weighted by atomic mass is 10.0. The van der Waals surface area contributed by atoms with Gasteiger partial charge in [0, 0.05) is 5.92 Å². The quantitative estimate of drug-likeness (QED) is 0.641. The van der Waals surface area contributed by atoms with Crippen molar-refractivity contribution < 1.29 is 26.4 Å². The van der Waals surface area contributed by atoms with E-state index in [1.165, 1.54) is 12.1 Å². The zero-order chi connectivity index (χ0) is 23.0. The predicted molar refractivity (Wildman–Crippen MR) is 113 cm³/mol. The molecule has 1 unspecified atom stereocenters. The Hall–Kier alpha value is -2.55. The van der Waals surface area contributed by atoms with E-state index in [0.717, 1.165) is 35.1 Å². The maximum absolute atomic E-state index is 12.7. The lowest BCUT2D eigenvalue weighted by Gasteiger charge is -2.17. The van der Waals surface area contributed by atoms with E-state index in [9.17, 15) is 26.4 Å². The Morgan fingerprint density at radius 3 is 2.35 bits per heavy atom. The molecule has 5 nitrogen and oxygen atoms in total. The third-order valence-corrected chi connectivity index (χ3v) is 6.05. The largest absolute Gasteiger partial charge is 0.416 e. The molecule has 9 heteroatoms. The van der Waals surface area contributed by atoms with Crippen molar-refractivity contribution in [3.8, 4) is 0 Å². The van der Waals surface area contributed by atoms with Gasteiger partial charge in [-0.05, 0) is 60.6 Å². The van der Waals surface area contributed by atoms with Crippen LogP contribution >= 0.6 is 0 Å². The summed E-state index contributed by atoms with van der Waals surface area (Å²) in [7, 11) is -3.39. The van der Waals surface area contributed by atoms with Crippen LogP contribution in [-0.2, 0) is 27.4 Å². The van der Waals surface area contributed by atoms with Gasteiger partial charge in [-0.1, -0.05) is 31.2 Å². The molecule has 1 fully saturated rings. The van der Waals surface area contributed by atoms with E-state index >= 15 is 0 Å². The molecule has 3 atom stereocenters. The lowest BCUT2D eigenvalue weighted by molar-refractivity contribution is -0.137. The average molecular weight is 455 g/mol. The van der Waals surface area contributed by atoms with Crippen LogP contribution in [0.1, 0.15) is 54.5 Å². The summed E-state index contributed by atoms with van der Waals surface area (Å²) in [4.78, 5) is 12.6. The summed E-state index contributed by atoms with van der Waals surface area (Å²) >= 11 is 0. The fourth-order valence-corrected chi connectivity index (χ4v) is 4.25. The van der Waals surface area contributed by atoms with E-state index < -0.39 is 21.8 Å². The van der Waals surface area contributed by atoms with Gasteiger partial charge in [0.05, 0.1) is 23.5 Å². The summed E-state index contributed by atoms with van der Waals surface area (Å²) < 4.78 is 63.6. The van der Waals surface area contributed by atoms with E-state index in [0.29, 0.717) is 18.5 Å². The van der Waals surface area contributed by atoms with Crippen molar-refractivity contribution in [1.82, 2.24) is 5.32 Å². The minimum Gasteiger partial charge on any atom is -0.349 e. The summed E-state index contributed by atoms with van der Waals surface area (Å²) in [5.74, 6) is -0.494. The third-order valence-electron chi connectivity index (χ3n) is 5.46. The minimum atomic E-state index is -4.38. The van der Waals surface area contributed by atoms with Gasteiger partial charge in [0.15, 0.2) is 0 Å². The summed E-state index contributed by atoms with van der Waals surface area (Å²) in [6.07, 6.45) is -2.07. The lowest BCUT2D eigenvalue weighted by Crippen LogP contribution is -2.28. The van der Waals surface area contributed by atoms with Crippen molar-refractivity contribution in [3.05, 3.63) is 64.7 Å². The van der Waals surface area contributed by atoms with Crippen molar-refractivity contribution in [1.29, 1.82) is 0 Å². The SMILES string of the molecule is CCc1cc([C@@H](C)NC(=O)C2C[C@@H]2c2ccc(C(F)(F)F)cc2)ccc1NS(C)(=O)=O. The first-order valence-electron chi connectivity index (χ1n) is 9.97. The zero-order valence-corrected chi connectivity index (χ0v) is 18.3. The molecule has 1 aliphatic rings. The molecule has 0 saturated heterocycles. The van der Waals surface area contributed by atoms with E-state index in [-0.39, 0.29) is 23.8 Å². The van der Waals surface area contributed by atoms with Crippen LogP contribution in [0, 0.1) is 5.92 Å². The number of aryl methyl sites for hydroxylation is 1. The second-order valence-corrected chi connectivity index (χ2v) is 9.69.